The van der Waals surface area contributed by atoms with E-state index in [-0.39, 0.29) is 6.04 Å². The molecule has 1 heterocycles. The van der Waals surface area contributed by atoms with Gasteiger partial charge in [0.2, 0.25) is 0 Å². The smallest absolute Gasteiger partial charge is 0.122 e. The second-order valence-electron chi connectivity index (χ2n) is 5.01. The minimum atomic E-state index is -0.0837. The summed E-state index contributed by atoms with van der Waals surface area (Å²) in [5.74, 6) is 0.977. The molecule has 0 aromatic heterocycles. The van der Waals surface area contributed by atoms with Gasteiger partial charge < -0.3 is 10.5 Å². The van der Waals surface area contributed by atoms with E-state index in [1.807, 2.05) is 24.3 Å². The van der Waals surface area contributed by atoms with E-state index >= 15 is 0 Å². The average Bonchev–Trinajstić information content (AvgIpc) is 2.89. The van der Waals surface area contributed by atoms with Crippen molar-refractivity contribution in [3.63, 3.8) is 0 Å². The van der Waals surface area contributed by atoms with Gasteiger partial charge in [0.25, 0.3) is 0 Å². The molecule has 2 aromatic rings. The third kappa shape index (κ3) is 2.78. The predicted octanol–water partition coefficient (Wildman–Crippen LogP) is 4.17. The molecule has 2 aromatic carbocycles. The van der Waals surface area contributed by atoms with E-state index in [9.17, 15) is 0 Å². The van der Waals surface area contributed by atoms with E-state index in [1.165, 1.54) is 5.56 Å². The molecule has 0 bridgehead atoms. The molecule has 1 unspecified atom stereocenters. The summed E-state index contributed by atoms with van der Waals surface area (Å²) < 4.78 is 5.51. The summed E-state index contributed by atoms with van der Waals surface area (Å²) in [5, 5.41) is 1.31. The highest BCUT2D eigenvalue weighted by Crippen LogP contribution is 2.30. The first-order valence-electron chi connectivity index (χ1n) is 6.58. The van der Waals surface area contributed by atoms with Crippen LogP contribution >= 0.6 is 23.2 Å². The molecule has 0 saturated carbocycles. The van der Waals surface area contributed by atoms with E-state index in [1.54, 1.807) is 6.07 Å². The van der Waals surface area contributed by atoms with Crippen molar-refractivity contribution in [2.45, 2.75) is 18.9 Å². The molecule has 0 aliphatic carbocycles. The summed E-state index contributed by atoms with van der Waals surface area (Å²) >= 11 is 12.1. The summed E-state index contributed by atoms with van der Waals surface area (Å²) in [6, 6.07) is 11.6. The van der Waals surface area contributed by atoms with Gasteiger partial charge in [0, 0.05) is 22.5 Å². The van der Waals surface area contributed by atoms with E-state index < -0.39 is 0 Å². The molecule has 2 N–H and O–H groups in total. The fourth-order valence-electron chi connectivity index (χ4n) is 2.48. The Hall–Kier alpha value is -1.22. The Morgan fingerprint density at radius 3 is 2.80 bits per heavy atom. The highest BCUT2D eigenvalue weighted by Gasteiger charge is 2.16. The normalized spacial score (nSPS) is 14.8. The predicted molar refractivity (Wildman–Crippen MR) is 82.7 cm³/mol. The topological polar surface area (TPSA) is 35.2 Å². The van der Waals surface area contributed by atoms with Gasteiger partial charge in [0.15, 0.2) is 0 Å². The Kier molecular flexibility index (Phi) is 3.88. The van der Waals surface area contributed by atoms with Gasteiger partial charge in [-0.25, -0.2) is 0 Å². The molecule has 0 fully saturated rings. The minimum absolute atomic E-state index is 0.0837. The van der Waals surface area contributed by atoms with Crippen LogP contribution in [0.2, 0.25) is 10.0 Å². The van der Waals surface area contributed by atoms with Crippen LogP contribution in [0.4, 0.5) is 0 Å². The maximum absolute atomic E-state index is 6.30. The molecule has 20 heavy (non-hydrogen) atoms. The van der Waals surface area contributed by atoms with E-state index in [0.29, 0.717) is 16.5 Å². The zero-order chi connectivity index (χ0) is 14.1. The number of ether oxygens (including phenoxy) is 1. The summed E-state index contributed by atoms with van der Waals surface area (Å²) in [6.07, 6.45) is 1.65. The lowest BCUT2D eigenvalue weighted by Gasteiger charge is -2.14. The number of benzene rings is 2. The molecular weight excluding hydrogens is 293 g/mol. The lowest BCUT2D eigenvalue weighted by Crippen LogP contribution is -2.13. The summed E-state index contributed by atoms with van der Waals surface area (Å²) in [5.41, 5.74) is 9.66. The largest absolute Gasteiger partial charge is 0.493 e. The van der Waals surface area contributed by atoms with Gasteiger partial charge in [-0.2, -0.15) is 0 Å². The number of rotatable bonds is 3. The quantitative estimate of drug-likeness (QED) is 0.923. The molecule has 3 rings (SSSR count). The number of fused-ring (bicyclic) bond motifs is 1. The first-order valence-corrected chi connectivity index (χ1v) is 7.34. The Labute approximate surface area is 128 Å². The van der Waals surface area contributed by atoms with Crippen LogP contribution in [-0.2, 0) is 12.8 Å². The number of halogens is 2. The zero-order valence-corrected chi connectivity index (χ0v) is 12.4. The Morgan fingerprint density at radius 2 is 2.00 bits per heavy atom. The third-order valence-electron chi connectivity index (χ3n) is 3.60. The van der Waals surface area contributed by atoms with Crippen molar-refractivity contribution in [3.05, 3.63) is 63.1 Å². The SMILES string of the molecule is NC(Cc1ccc(Cl)cc1Cl)c1ccc2c(c1)CCO2. The van der Waals surface area contributed by atoms with Crippen LogP contribution in [0.5, 0.6) is 5.75 Å². The molecule has 104 valence electrons. The first kappa shape index (κ1) is 13.7. The van der Waals surface area contributed by atoms with Crippen LogP contribution in [0.25, 0.3) is 0 Å². The second kappa shape index (κ2) is 5.65. The molecular formula is C16H15Cl2NO. The second-order valence-corrected chi connectivity index (χ2v) is 5.86. The lowest BCUT2D eigenvalue weighted by molar-refractivity contribution is 0.357. The van der Waals surface area contributed by atoms with Gasteiger partial charge >= 0.3 is 0 Å². The van der Waals surface area contributed by atoms with Crippen molar-refractivity contribution in [2.24, 2.45) is 5.73 Å². The van der Waals surface area contributed by atoms with Crippen LogP contribution in [0.3, 0.4) is 0 Å². The Bertz CT molecular complexity index is 642. The minimum Gasteiger partial charge on any atom is -0.493 e. The van der Waals surface area contributed by atoms with Gasteiger partial charge in [-0.1, -0.05) is 41.4 Å². The van der Waals surface area contributed by atoms with Crippen molar-refractivity contribution < 1.29 is 4.74 Å². The van der Waals surface area contributed by atoms with Gasteiger partial charge in [0.1, 0.15) is 5.75 Å². The Morgan fingerprint density at radius 1 is 1.15 bits per heavy atom. The van der Waals surface area contributed by atoms with Gasteiger partial charge in [-0.05, 0) is 41.3 Å². The number of hydrogen-bond acceptors (Lipinski definition) is 2. The van der Waals surface area contributed by atoms with Crippen molar-refractivity contribution >= 4 is 23.2 Å². The lowest BCUT2D eigenvalue weighted by atomic mass is 9.97. The highest BCUT2D eigenvalue weighted by molar-refractivity contribution is 6.35. The van der Waals surface area contributed by atoms with Crippen LogP contribution in [-0.4, -0.2) is 6.61 Å². The molecule has 1 aliphatic heterocycles. The summed E-state index contributed by atoms with van der Waals surface area (Å²) in [6.45, 7) is 0.761. The van der Waals surface area contributed by atoms with E-state index in [0.717, 1.165) is 29.9 Å². The standard InChI is InChI=1S/C16H15Cl2NO/c17-13-3-1-10(14(18)9-13)8-15(19)11-2-4-16-12(7-11)5-6-20-16/h1-4,7,9,15H,5-6,8,19H2. The number of nitrogens with two attached hydrogens (primary N) is 1. The fourth-order valence-corrected chi connectivity index (χ4v) is 2.96. The molecule has 2 nitrogen and oxygen atoms in total. The molecule has 0 spiro atoms. The van der Waals surface area contributed by atoms with Crippen molar-refractivity contribution in [1.82, 2.24) is 0 Å². The van der Waals surface area contributed by atoms with Crippen molar-refractivity contribution in [2.75, 3.05) is 6.61 Å². The highest BCUT2D eigenvalue weighted by atomic mass is 35.5. The van der Waals surface area contributed by atoms with Gasteiger partial charge in [0.05, 0.1) is 6.61 Å². The Balaban J connectivity index is 1.80. The van der Waals surface area contributed by atoms with Crippen LogP contribution in [0.15, 0.2) is 36.4 Å². The molecule has 4 heteroatoms. The van der Waals surface area contributed by atoms with Crippen molar-refractivity contribution in [3.8, 4) is 5.75 Å². The monoisotopic (exact) mass is 307 g/mol. The van der Waals surface area contributed by atoms with Crippen LogP contribution in [0, 0.1) is 0 Å². The molecule has 0 radical (unpaired) electrons. The summed E-state index contributed by atoms with van der Waals surface area (Å²) in [7, 11) is 0. The molecule has 0 amide bonds. The van der Waals surface area contributed by atoms with Gasteiger partial charge in [-0.15, -0.1) is 0 Å². The van der Waals surface area contributed by atoms with Crippen LogP contribution in [0.1, 0.15) is 22.7 Å². The molecule has 0 saturated heterocycles. The molecule has 1 aliphatic rings. The number of hydrogen-bond donors (Lipinski definition) is 1. The van der Waals surface area contributed by atoms with E-state index in [4.69, 9.17) is 33.7 Å². The summed E-state index contributed by atoms with van der Waals surface area (Å²) in [4.78, 5) is 0. The van der Waals surface area contributed by atoms with Crippen molar-refractivity contribution in [1.29, 1.82) is 0 Å². The first-order chi connectivity index (χ1) is 9.63. The van der Waals surface area contributed by atoms with E-state index in [2.05, 4.69) is 6.07 Å². The average molecular weight is 308 g/mol. The zero-order valence-electron chi connectivity index (χ0n) is 10.9. The fraction of sp³-hybridized carbons (Fsp3) is 0.250. The maximum Gasteiger partial charge on any atom is 0.122 e. The van der Waals surface area contributed by atoms with Crippen LogP contribution < -0.4 is 10.5 Å². The third-order valence-corrected chi connectivity index (χ3v) is 4.18. The van der Waals surface area contributed by atoms with Gasteiger partial charge in [-0.3, -0.25) is 0 Å². The molecule has 1 atom stereocenters. The maximum atomic E-state index is 6.30.